The normalized spacial score (nSPS) is 26.2. The summed E-state index contributed by atoms with van der Waals surface area (Å²) in [5.74, 6) is -0.0911. The molecular formula is C10H10BrFO. The van der Waals surface area contributed by atoms with Crippen LogP contribution in [0.2, 0.25) is 0 Å². The van der Waals surface area contributed by atoms with E-state index in [1.807, 2.05) is 6.92 Å². The third kappa shape index (κ3) is 1.40. The van der Waals surface area contributed by atoms with Gasteiger partial charge in [-0.15, -0.1) is 0 Å². The lowest BCUT2D eigenvalue weighted by molar-refractivity contribution is 0.133. The first-order valence-electron chi connectivity index (χ1n) is 4.25. The Morgan fingerprint density at radius 2 is 2.23 bits per heavy atom. The molecule has 0 bridgehead atoms. The lowest BCUT2D eigenvalue weighted by Gasteiger charge is -2.08. The summed E-state index contributed by atoms with van der Waals surface area (Å²) in [6, 6.07) is 3.25. The van der Waals surface area contributed by atoms with Gasteiger partial charge < -0.3 is 5.11 Å². The number of benzene rings is 1. The predicted octanol–water partition coefficient (Wildman–Crippen LogP) is 2.81. The van der Waals surface area contributed by atoms with Gasteiger partial charge in [-0.3, -0.25) is 0 Å². The van der Waals surface area contributed by atoms with Gasteiger partial charge in [0, 0.05) is 4.47 Å². The fourth-order valence-corrected chi connectivity index (χ4v) is 2.29. The second kappa shape index (κ2) is 3.07. The topological polar surface area (TPSA) is 20.2 Å². The maximum absolute atomic E-state index is 13.4. The Hall–Kier alpha value is -0.410. The lowest BCUT2D eigenvalue weighted by atomic mass is 10.1. The minimum Gasteiger partial charge on any atom is -0.388 e. The fourth-order valence-electron chi connectivity index (χ4n) is 1.84. The molecule has 0 aromatic heterocycles. The van der Waals surface area contributed by atoms with Crippen LogP contribution in [0.5, 0.6) is 0 Å². The van der Waals surface area contributed by atoms with E-state index in [0.29, 0.717) is 16.5 Å². The number of aliphatic hydroxyl groups excluding tert-OH is 1. The van der Waals surface area contributed by atoms with Crippen molar-refractivity contribution in [1.29, 1.82) is 0 Å². The van der Waals surface area contributed by atoms with Crippen molar-refractivity contribution < 1.29 is 9.50 Å². The van der Waals surface area contributed by atoms with Gasteiger partial charge in [0.05, 0.1) is 6.10 Å². The standard InChI is InChI=1S/C10H10BrFO/c1-5-2-7-8(10(5)13)3-6(11)4-9(7)12/h3-5,10,13H,2H2,1H3. The van der Waals surface area contributed by atoms with Crippen LogP contribution < -0.4 is 0 Å². The van der Waals surface area contributed by atoms with Gasteiger partial charge in [-0.1, -0.05) is 22.9 Å². The highest BCUT2D eigenvalue weighted by molar-refractivity contribution is 9.10. The molecule has 2 unspecified atom stereocenters. The molecule has 1 aromatic carbocycles. The van der Waals surface area contributed by atoms with Crippen LogP contribution in [0.4, 0.5) is 4.39 Å². The van der Waals surface area contributed by atoms with Crippen molar-refractivity contribution in [3.05, 3.63) is 33.5 Å². The van der Waals surface area contributed by atoms with Gasteiger partial charge in [0.15, 0.2) is 0 Å². The molecule has 0 spiro atoms. The SMILES string of the molecule is CC1Cc2c(F)cc(Br)cc2C1O. The summed E-state index contributed by atoms with van der Waals surface area (Å²) in [5, 5.41) is 9.71. The molecule has 0 fully saturated rings. The number of hydrogen-bond acceptors (Lipinski definition) is 1. The summed E-state index contributed by atoms with van der Waals surface area (Å²) in [6.07, 6.45) is 0.122. The van der Waals surface area contributed by atoms with Crippen molar-refractivity contribution in [2.24, 2.45) is 5.92 Å². The highest BCUT2D eigenvalue weighted by atomic mass is 79.9. The summed E-state index contributed by atoms with van der Waals surface area (Å²) < 4.78 is 14.0. The average Bonchev–Trinajstić information content (AvgIpc) is 2.32. The Labute approximate surface area is 84.7 Å². The van der Waals surface area contributed by atoms with Gasteiger partial charge in [0.2, 0.25) is 0 Å². The van der Waals surface area contributed by atoms with Crippen LogP contribution in [0.15, 0.2) is 16.6 Å². The van der Waals surface area contributed by atoms with Crippen LogP contribution >= 0.6 is 15.9 Å². The summed E-state index contributed by atoms with van der Waals surface area (Å²) in [7, 11) is 0. The molecule has 3 heteroatoms. The van der Waals surface area contributed by atoms with Crippen molar-refractivity contribution >= 4 is 15.9 Å². The molecule has 2 rings (SSSR count). The van der Waals surface area contributed by atoms with Crippen LogP contribution in [0.3, 0.4) is 0 Å². The summed E-state index contributed by atoms with van der Waals surface area (Å²) >= 11 is 3.21. The van der Waals surface area contributed by atoms with Crippen molar-refractivity contribution in [2.45, 2.75) is 19.4 Å². The van der Waals surface area contributed by atoms with Crippen LogP contribution in [-0.2, 0) is 6.42 Å². The molecule has 0 saturated heterocycles. The second-order valence-corrected chi connectivity index (χ2v) is 4.50. The molecule has 0 aliphatic heterocycles. The molecule has 0 amide bonds. The van der Waals surface area contributed by atoms with E-state index in [-0.39, 0.29) is 11.7 Å². The fraction of sp³-hybridized carbons (Fsp3) is 0.400. The molecule has 0 heterocycles. The van der Waals surface area contributed by atoms with Gasteiger partial charge in [-0.05, 0) is 35.6 Å². The van der Waals surface area contributed by atoms with Crippen molar-refractivity contribution in [3.63, 3.8) is 0 Å². The van der Waals surface area contributed by atoms with Gasteiger partial charge >= 0.3 is 0 Å². The lowest BCUT2D eigenvalue weighted by Crippen LogP contribution is -2.00. The first kappa shape index (κ1) is 9.16. The number of halogens is 2. The first-order chi connectivity index (χ1) is 6.09. The first-order valence-corrected chi connectivity index (χ1v) is 5.05. The second-order valence-electron chi connectivity index (χ2n) is 3.58. The van der Waals surface area contributed by atoms with E-state index in [2.05, 4.69) is 15.9 Å². The van der Waals surface area contributed by atoms with Gasteiger partial charge in [0.25, 0.3) is 0 Å². The molecule has 1 aliphatic carbocycles. The Balaban J connectivity index is 2.57. The minimum atomic E-state index is -0.512. The van der Waals surface area contributed by atoms with E-state index in [9.17, 15) is 9.50 Å². The summed E-state index contributed by atoms with van der Waals surface area (Å²) in [6.45, 7) is 1.93. The van der Waals surface area contributed by atoms with E-state index >= 15 is 0 Å². The number of fused-ring (bicyclic) bond motifs is 1. The minimum absolute atomic E-state index is 0.124. The summed E-state index contributed by atoms with van der Waals surface area (Å²) in [5.41, 5.74) is 1.41. The van der Waals surface area contributed by atoms with Crippen LogP contribution in [0, 0.1) is 11.7 Å². The average molecular weight is 245 g/mol. The number of hydrogen-bond donors (Lipinski definition) is 1. The van der Waals surface area contributed by atoms with E-state index in [1.165, 1.54) is 6.07 Å². The zero-order valence-electron chi connectivity index (χ0n) is 7.22. The number of rotatable bonds is 0. The van der Waals surface area contributed by atoms with E-state index < -0.39 is 6.10 Å². The van der Waals surface area contributed by atoms with Crippen molar-refractivity contribution in [2.75, 3.05) is 0 Å². The van der Waals surface area contributed by atoms with Crippen molar-refractivity contribution in [1.82, 2.24) is 0 Å². The highest BCUT2D eigenvalue weighted by Gasteiger charge is 2.29. The van der Waals surface area contributed by atoms with Gasteiger partial charge in [0.1, 0.15) is 5.82 Å². The third-order valence-corrected chi connectivity index (χ3v) is 3.04. The zero-order chi connectivity index (χ0) is 9.59. The molecule has 2 atom stereocenters. The summed E-state index contributed by atoms with van der Waals surface area (Å²) in [4.78, 5) is 0. The molecule has 1 N–H and O–H groups in total. The van der Waals surface area contributed by atoms with Crippen LogP contribution in [0.25, 0.3) is 0 Å². The Kier molecular flexibility index (Phi) is 2.16. The zero-order valence-corrected chi connectivity index (χ0v) is 8.81. The molecule has 1 nitrogen and oxygen atoms in total. The number of aliphatic hydroxyl groups is 1. The van der Waals surface area contributed by atoms with Gasteiger partial charge in [-0.25, -0.2) is 4.39 Å². The molecule has 1 aromatic rings. The smallest absolute Gasteiger partial charge is 0.127 e. The third-order valence-electron chi connectivity index (χ3n) is 2.58. The molecule has 1 aliphatic rings. The van der Waals surface area contributed by atoms with Crippen LogP contribution in [-0.4, -0.2) is 5.11 Å². The van der Waals surface area contributed by atoms with E-state index in [1.54, 1.807) is 6.07 Å². The monoisotopic (exact) mass is 244 g/mol. The molecular weight excluding hydrogens is 235 g/mol. The van der Waals surface area contributed by atoms with E-state index in [4.69, 9.17) is 0 Å². The predicted molar refractivity (Wildman–Crippen MR) is 51.9 cm³/mol. The van der Waals surface area contributed by atoms with Gasteiger partial charge in [-0.2, -0.15) is 0 Å². The Morgan fingerprint density at radius 1 is 1.54 bits per heavy atom. The van der Waals surface area contributed by atoms with E-state index in [0.717, 1.165) is 5.56 Å². The molecule has 13 heavy (non-hydrogen) atoms. The molecule has 70 valence electrons. The maximum Gasteiger partial charge on any atom is 0.127 e. The Morgan fingerprint density at radius 3 is 2.92 bits per heavy atom. The highest BCUT2D eigenvalue weighted by Crippen LogP contribution is 2.38. The molecule has 0 saturated carbocycles. The molecule has 0 radical (unpaired) electrons. The maximum atomic E-state index is 13.4. The van der Waals surface area contributed by atoms with Crippen LogP contribution in [0.1, 0.15) is 24.2 Å². The Bertz CT molecular complexity index is 351. The van der Waals surface area contributed by atoms with Crippen molar-refractivity contribution in [3.8, 4) is 0 Å². The largest absolute Gasteiger partial charge is 0.388 e. The quantitative estimate of drug-likeness (QED) is 0.745.